The fourth-order valence-electron chi connectivity index (χ4n) is 3.93. The average molecular weight is 490 g/mol. The third-order valence-corrected chi connectivity index (χ3v) is 7.55. The van der Waals surface area contributed by atoms with Crippen molar-refractivity contribution in [2.75, 3.05) is 31.4 Å². The molecule has 3 aromatic rings. The maximum absolute atomic E-state index is 12.8. The first-order chi connectivity index (χ1) is 15.3. The maximum Gasteiger partial charge on any atom is 0.236 e. The van der Waals surface area contributed by atoms with Gasteiger partial charge in [0.1, 0.15) is 0 Å². The highest BCUT2D eigenvalue weighted by molar-refractivity contribution is 7.91. The van der Waals surface area contributed by atoms with Crippen molar-refractivity contribution in [3.63, 3.8) is 0 Å². The lowest BCUT2D eigenvalue weighted by Crippen LogP contribution is -2.43. The first-order valence-electron chi connectivity index (χ1n) is 10.4. The van der Waals surface area contributed by atoms with Gasteiger partial charge in [0, 0.05) is 52.5 Å². The Bertz CT molecular complexity index is 1200. The number of piperazine rings is 1. The van der Waals surface area contributed by atoms with E-state index in [1.807, 2.05) is 42.5 Å². The zero-order valence-electron chi connectivity index (χ0n) is 17.7. The number of anilines is 1. The van der Waals surface area contributed by atoms with Crippen LogP contribution in [-0.2, 0) is 15.8 Å². The van der Waals surface area contributed by atoms with E-state index in [2.05, 4.69) is 22.0 Å². The minimum Gasteiger partial charge on any atom is -0.314 e. The monoisotopic (exact) mass is 489 g/mol. The second-order valence-electron chi connectivity index (χ2n) is 7.98. The fourth-order valence-corrected chi connectivity index (χ4v) is 5.58. The first-order valence-corrected chi connectivity index (χ1v) is 12.8. The normalized spacial score (nSPS) is 17.3. The van der Waals surface area contributed by atoms with E-state index in [-0.39, 0.29) is 11.8 Å². The van der Waals surface area contributed by atoms with Crippen LogP contribution in [0.25, 0.3) is 11.1 Å². The van der Waals surface area contributed by atoms with Gasteiger partial charge in [0.15, 0.2) is 0 Å². The predicted octanol–water partition coefficient (Wildman–Crippen LogP) is 5.18. The third kappa shape index (κ3) is 5.45. The van der Waals surface area contributed by atoms with Crippen LogP contribution in [0.15, 0.2) is 66.7 Å². The molecule has 2 N–H and O–H groups in total. The van der Waals surface area contributed by atoms with Crippen LogP contribution in [0.1, 0.15) is 17.2 Å². The molecule has 0 bridgehead atoms. The van der Waals surface area contributed by atoms with Crippen LogP contribution in [-0.4, -0.2) is 40.0 Å². The van der Waals surface area contributed by atoms with E-state index in [1.165, 1.54) is 0 Å². The summed E-state index contributed by atoms with van der Waals surface area (Å²) in [5.74, 6) is -0.168. The Labute approximate surface area is 199 Å². The van der Waals surface area contributed by atoms with Crippen molar-refractivity contribution < 1.29 is 8.42 Å². The zero-order valence-corrected chi connectivity index (χ0v) is 20.0. The van der Waals surface area contributed by atoms with Gasteiger partial charge in [-0.05, 0) is 48.5 Å². The van der Waals surface area contributed by atoms with Gasteiger partial charge in [-0.15, -0.1) is 0 Å². The standard InChI is InChI=1S/C24H25Cl2N3O2S/c1-29-13-12-27-15-24(29)18-7-9-19(10-8-18)28-32(30,31)16-17-6-11-23(26)21(14-17)20-4-2-3-5-22(20)25/h2-11,14,24,27-28H,12-13,15-16H2,1H3. The molecule has 0 aromatic heterocycles. The number of likely N-dealkylation sites (N-methyl/N-ethyl adjacent to an activating group) is 1. The van der Waals surface area contributed by atoms with Gasteiger partial charge < -0.3 is 5.32 Å². The molecule has 1 unspecified atom stereocenters. The molecule has 4 rings (SSSR count). The molecule has 3 aromatic carbocycles. The van der Waals surface area contributed by atoms with Crippen molar-refractivity contribution in [1.29, 1.82) is 0 Å². The van der Waals surface area contributed by atoms with E-state index in [9.17, 15) is 8.42 Å². The highest BCUT2D eigenvalue weighted by atomic mass is 35.5. The molecule has 1 atom stereocenters. The van der Waals surface area contributed by atoms with Crippen LogP contribution in [0.5, 0.6) is 0 Å². The second-order valence-corrected chi connectivity index (χ2v) is 10.5. The number of sulfonamides is 1. The summed E-state index contributed by atoms with van der Waals surface area (Å²) in [7, 11) is -1.50. The van der Waals surface area contributed by atoms with Crippen molar-refractivity contribution in [2.45, 2.75) is 11.8 Å². The molecule has 168 valence electrons. The Balaban J connectivity index is 1.49. The Kier molecular flexibility index (Phi) is 7.08. The number of halogens is 2. The minimum absolute atomic E-state index is 0.168. The van der Waals surface area contributed by atoms with Gasteiger partial charge in [-0.2, -0.15) is 0 Å². The number of rotatable bonds is 6. The second kappa shape index (κ2) is 9.81. The molecule has 5 nitrogen and oxygen atoms in total. The number of hydrogen-bond acceptors (Lipinski definition) is 4. The van der Waals surface area contributed by atoms with E-state index in [0.717, 1.165) is 30.8 Å². The molecule has 1 saturated heterocycles. The van der Waals surface area contributed by atoms with Crippen molar-refractivity contribution in [1.82, 2.24) is 10.2 Å². The van der Waals surface area contributed by atoms with E-state index in [1.54, 1.807) is 24.3 Å². The fraction of sp³-hybridized carbons (Fsp3) is 0.250. The molecule has 32 heavy (non-hydrogen) atoms. The lowest BCUT2D eigenvalue weighted by atomic mass is 10.0. The van der Waals surface area contributed by atoms with E-state index >= 15 is 0 Å². The maximum atomic E-state index is 12.8. The van der Waals surface area contributed by atoms with Gasteiger partial charge in [0.05, 0.1) is 5.75 Å². The van der Waals surface area contributed by atoms with Gasteiger partial charge >= 0.3 is 0 Å². The van der Waals surface area contributed by atoms with Gasteiger partial charge in [-0.25, -0.2) is 8.42 Å². The molecular weight excluding hydrogens is 465 g/mol. The minimum atomic E-state index is -3.61. The van der Waals surface area contributed by atoms with Crippen molar-refractivity contribution in [3.8, 4) is 11.1 Å². The van der Waals surface area contributed by atoms with E-state index in [4.69, 9.17) is 23.2 Å². The molecule has 0 radical (unpaired) electrons. The Morgan fingerprint density at radius 2 is 1.72 bits per heavy atom. The SMILES string of the molecule is CN1CCNCC1c1ccc(NS(=O)(=O)Cc2ccc(Cl)c(-c3ccccc3Cl)c2)cc1. The number of benzene rings is 3. The number of nitrogens with zero attached hydrogens (tertiary/aromatic N) is 1. The number of nitrogens with one attached hydrogen (secondary N) is 2. The molecule has 0 amide bonds. The average Bonchev–Trinajstić information content (AvgIpc) is 2.76. The van der Waals surface area contributed by atoms with E-state index in [0.29, 0.717) is 26.9 Å². The Morgan fingerprint density at radius 1 is 1.00 bits per heavy atom. The highest BCUT2D eigenvalue weighted by Crippen LogP contribution is 2.34. The first kappa shape index (κ1) is 23.1. The van der Waals surface area contributed by atoms with Crippen LogP contribution in [0.2, 0.25) is 10.0 Å². The van der Waals surface area contributed by atoms with E-state index < -0.39 is 10.0 Å². The van der Waals surface area contributed by atoms with Crippen molar-refractivity contribution >= 4 is 38.9 Å². The molecule has 8 heteroatoms. The molecule has 1 aliphatic heterocycles. The molecule has 1 fully saturated rings. The van der Waals surface area contributed by atoms with Crippen LogP contribution in [0.4, 0.5) is 5.69 Å². The summed E-state index contributed by atoms with van der Waals surface area (Å²) in [4.78, 5) is 2.30. The summed E-state index contributed by atoms with van der Waals surface area (Å²) < 4.78 is 28.3. The topological polar surface area (TPSA) is 61.4 Å². The summed E-state index contributed by atoms with van der Waals surface area (Å²) >= 11 is 12.7. The van der Waals surface area contributed by atoms with Crippen LogP contribution < -0.4 is 10.0 Å². The quantitative estimate of drug-likeness (QED) is 0.500. The summed E-state index contributed by atoms with van der Waals surface area (Å²) in [6.07, 6.45) is 0. The van der Waals surface area contributed by atoms with Crippen molar-refractivity contribution in [3.05, 3.63) is 87.9 Å². The number of hydrogen-bond donors (Lipinski definition) is 2. The van der Waals surface area contributed by atoms with Crippen molar-refractivity contribution in [2.24, 2.45) is 0 Å². The lowest BCUT2D eigenvalue weighted by molar-refractivity contribution is 0.202. The Morgan fingerprint density at radius 3 is 2.44 bits per heavy atom. The molecular formula is C24H25Cl2N3O2S. The molecule has 0 spiro atoms. The molecule has 1 heterocycles. The molecule has 0 saturated carbocycles. The summed E-state index contributed by atoms with van der Waals surface area (Å²) in [5.41, 5.74) is 3.80. The lowest BCUT2D eigenvalue weighted by Gasteiger charge is -2.33. The zero-order chi connectivity index (χ0) is 22.7. The van der Waals surface area contributed by atoms with Crippen LogP contribution >= 0.6 is 23.2 Å². The van der Waals surface area contributed by atoms with Gasteiger partial charge in [-0.3, -0.25) is 9.62 Å². The summed E-state index contributed by atoms with van der Waals surface area (Å²) in [6.45, 7) is 2.84. The summed E-state index contributed by atoms with van der Waals surface area (Å²) in [6, 6.07) is 20.4. The highest BCUT2D eigenvalue weighted by Gasteiger charge is 2.20. The third-order valence-electron chi connectivity index (χ3n) is 5.63. The van der Waals surface area contributed by atoms with Crippen LogP contribution in [0, 0.1) is 0 Å². The predicted molar refractivity (Wildman–Crippen MR) is 133 cm³/mol. The van der Waals surface area contributed by atoms with Gasteiger partial charge in [-0.1, -0.05) is 59.6 Å². The Hall–Kier alpha value is -2.09. The van der Waals surface area contributed by atoms with Gasteiger partial charge in [0.25, 0.3) is 0 Å². The smallest absolute Gasteiger partial charge is 0.236 e. The largest absolute Gasteiger partial charge is 0.314 e. The van der Waals surface area contributed by atoms with Crippen LogP contribution in [0.3, 0.4) is 0 Å². The molecule has 0 aliphatic carbocycles. The van der Waals surface area contributed by atoms with Gasteiger partial charge in [0.2, 0.25) is 10.0 Å². The summed E-state index contributed by atoms with van der Waals surface area (Å²) in [5, 5.41) is 4.48. The molecule has 1 aliphatic rings.